The van der Waals surface area contributed by atoms with E-state index >= 15 is 0 Å². The maximum Gasteiger partial charge on any atom is 0.145 e. The zero-order valence-electron chi connectivity index (χ0n) is 9.03. The minimum absolute atomic E-state index is 0.691. The Morgan fingerprint density at radius 2 is 2.13 bits per heavy atom. The molecule has 0 unspecified atom stereocenters. The van der Waals surface area contributed by atoms with E-state index in [0.29, 0.717) is 5.82 Å². The summed E-state index contributed by atoms with van der Waals surface area (Å²) in [6, 6.07) is 1.84. The first-order valence-electron chi connectivity index (χ1n) is 5.31. The van der Waals surface area contributed by atoms with Crippen LogP contribution in [0.4, 0.5) is 5.82 Å². The summed E-state index contributed by atoms with van der Waals surface area (Å²) >= 11 is 0. The lowest BCUT2D eigenvalue weighted by Gasteiger charge is -2.13. The Bertz CT molecular complexity index is 333. The molecule has 0 aromatic carbocycles. The molecule has 1 saturated heterocycles. The molecule has 1 fully saturated rings. The molecule has 1 aromatic rings. The van der Waals surface area contributed by atoms with Gasteiger partial charge in [-0.25, -0.2) is 15.8 Å². The molecule has 1 aliphatic rings. The highest BCUT2D eigenvalue weighted by Gasteiger charge is 2.13. The monoisotopic (exact) mass is 207 g/mol. The maximum absolute atomic E-state index is 5.34. The van der Waals surface area contributed by atoms with E-state index in [9.17, 15) is 0 Å². The van der Waals surface area contributed by atoms with Crippen molar-refractivity contribution >= 4 is 5.82 Å². The van der Waals surface area contributed by atoms with Crippen LogP contribution in [0.15, 0.2) is 6.07 Å². The molecule has 5 nitrogen and oxygen atoms in total. The minimum Gasteiger partial charge on any atom is -0.308 e. The lowest BCUT2D eigenvalue weighted by Crippen LogP contribution is -2.21. The quantitative estimate of drug-likeness (QED) is 0.563. The molecule has 0 atom stereocenters. The standard InChI is InChI=1S/C10H17N5/c1-8-6-9(14-11)13-10(12-8)7-15-4-2-3-5-15/h6H,2-5,7,11H2,1H3,(H,12,13,14). The molecule has 82 valence electrons. The van der Waals surface area contributed by atoms with Crippen molar-refractivity contribution < 1.29 is 0 Å². The zero-order valence-corrected chi connectivity index (χ0v) is 9.03. The third-order valence-corrected chi connectivity index (χ3v) is 2.61. The van der Waals surface area contributed by atoms with Crippen LogP contribution < -0.4 is 11.3 Å². The summed E-state index contributed by atoms with van der Waals surface area (Å²) in [5.41, 5.74) is 3.51. The molecule has 1 aromatic heterocycles. The molecule has 0 radical (unpaired) electrons. The highest BCUT2D eigenvalue weighted by molar-refractivity contribution is 5.33. The van der Waals surface area contributed by atoms with Gasteiger partial charge in [-0.2, -0.15) is 0 Å². The van der Waals surface area contributed by atoms with Gasteiger partial charge in [0, 0.05) is 11.8 Å². The second-order valence-electron chi connectivity index (χ2n) is 3.94. The van der Waals surface area contributed by atoms with Crippen LogP contribution in [-0.2, 0) is 6.54 Å². The SMILES string of the molecule is Cc1cc(NN)nc(CN2CCCC2)n1. The number of anilines is 1. The van der Waals surface area contributed by atoms with Gasteiger partial charge in [-0.1, -0.05) is 0 Å². The molecule has 2 rings (SSSR count). The molecule has 3 N–H and O–H groups in total. The highest BCUT2D eigenvalue weighted by Crippen LogP contribution is 2.12. The van der Waals surface area contributed by atoms with E-state index in [2.05, 4.69) is 20.3 Å². The van der Waals surface area contributed by atoms with Crippen molar-refractivity contribution in [1.29, 1.82) is 0 Å². The Labute approximate surface area is 89.7 Å². The van der Waals surface area contributed by atoms with E-state index in [1.165, 1.54) is 12.8 Å². The van der Waals surface area contributed by atoms with Gasteiger partial charge in [0.15, 0.2) is 0 Å². The Kier molecular flexibility index (Phi) is 3.13. The van der Waals surface area contributed by atoms with E-state index in [-0.39, 0.29) is 0 Å². The number of aromatic nitrogens is 2. The lowest BCUT2D eigenvalue weighted by molar-refractivity contribution is 0.322. The summed E-state index contributed by atoms with van der Waals surface area (Å²) in [5.74, 6) is 6.88. The fraction of sp³-hybridized carbons (Fsp3) is 0.600. The van der Waals surface area contributed by atoms with Gasteiger partial charge in [-0.05, 0) is 32.9 Å². The molecule has 2 heterocycles. The second kappa shape index (κ2) is 4.55. The molecule has 0 saturated carbocycles. The molecule has 0 bridgehead atoms. The average molecular weight is 207 g/mol. The molecule has 5 heteroatoms. The van der Waals surface area contributed by atoms with Gasteiger partial charge in [0.25, 0.3) is 0 Å². The second-order valence-corrected chi connectivity index (χ2v) is 3.94. The number of likely N-dealkylation sites (tertiary alicyclic amines) is 1. The third-order valence-electron chi connectivity index (χ3n) is 2.61. The summed E-state index contributed by atoms with van der Waals surface area (Å²) in [6.07, 6.45) is 2.57. The fourth-order valence-corrected chi connectivity index (χ4v) is 1.92. The van der Waals surface area contributed by atoms with Crippen molar-refractivity contribution in [2.45, 2.75) is 26.3 Å². The van der Waals surface area contributed by atoms with E-state index in [1.807, 2.05) is 13.0 Å². The largest absolute Gasteiger partial charge is 0.308 e. The number of rotatable bonds is 3. The Hall–Kier alpha value is -1.20. The normalized spacial score (nSPS) is 16.9. The van der Waals surface area contributed by atoms with Gasteiger partial charge in [0.1, 0.15) is 11.6 Å². The van der Waals surface area contributed by atoms with Crippen LogP contribution in [0.2, 0.25) is 0 Å². The predicted molar refractivity (Wildman–Crippen MR) is 59.1 cm³/mol. The number of hydrazine groups is 1. The Morgan fingerprint density at radius 3 is 2.80 bits per heavy atom. The highest BCUT2D eigenvalue weighted by atomic mass is 15.3. The van der Waals surface area contributed by atoms with Gasteiger partial charge in [-0.3, -0.25) is 4.90 Å². The zero-order chi connectivity index (χ0) is 10.7. The minimum atomic E-state index is 0.691. The summed E-state index contributed by atoms with van der Waals surface area (Å²) < 4.78 is 0. The van der Waals surface area contributed by atoms with Crippen LogP contribution in [-0.4, -0.2) is 28.0 Å². The predicted octanol–water partition coefficient (Wildman–Crippen LogP) is 0.666. The van der Waals surface area contributed by atoms with Gasteiger partial charge < -0.3 is 5.43 Å². The van der Waals surface area contributed by atoms with Gasteiger partial charge >= 0.3 is 0 Å². The molecule has 0 aliphatic carbocycles. The maximum atomic E-state index is 5.34. The first-order chi connectivity index (χ1) is 7.28. The van der Waals surface area contributed by atoms with E-state index in [1.54, 1.807) is 0 Å². The van der Waals surface area contributed by atoms with Crippen molar-refractivity contribution in [2.24, 2.45) is 5.84 Å². The Balaban J connectivity index is 2.09. The molecule has 0 amide bonds. The fourth-order valence-electron chi connectivity index (χ4n) is 1.92. The number of nitrogens with two attached hydrogens (primary N) is 1. The van der Waals surface area contributed by atoms with Crippen LogP contribution in [0.25, 0.3) is 0 Å². The summed E-state index contributed by atoms with van der Waals surface area (Å²) in [7, 11) is 0. The van der Waals surface area contributed by atoms with Crippen molar-refractivity contribution in [3.05, 3.63) is 17.6 Å². The van der Waals surface area contributed by atoms with Crippen molar-refractivity contribution in [3.63, 3.8) is 0 Å². The topological polar surface area (TPSA) is 67.1 Å². The third kappa shape index (κ3) is 2.64. The Morgan fingerprint density at radius 1 is 1.40 bits per heavy atom. The number of hydrogen-bond donors (Lipinski definition) is 2. The van der Waals surface area contributed by atoms with Crippen LogP contribution in [0.5, 0.6) is 0 Å². The molecular weight excluding hydrogens is 190 g/mol. The van der Waals surface area contributed by atoms with Crippen molar-refractivity contribution in [3.8, 4) is 0 Å². The smallest absolute Gasteiger partial charge is 0.145 e. The van der Waals surface area contributed by atoms with Gasteiger partial charge in [0.05, 0.1) is 6.54 Å². The van der Waals surface area contributed by atoms with E-state index < -0.39 is 0 Å². The van der Waals surface area contributed by atoms with Crippen LogP contribution in [0.1, 0.15) is 24.4 Å². The van der Waals surface area contributed by atoms with Crippen molar-refractivity contribution in [2.75, 3.05) is 18.5 Å². The summed E-state index contributed by atoms with van der Waals surface area (Å²) in [4.78, 5) is 11.1. The molecular formula is C10H17N5. The molecule has 15 heavy (non-hydrogen) atoms. The number of nitrogens with one attached hydrogen (secondary N) is 1. The van der Waals surface area contributed by atoms with Crippen molar-refractivity contribution in [1.82, 2.24) is 14.9 Å². The van der Waals surface area contributed by atoms with E-state index in [0.717, 1.165) is 31.2 Å². The first-order valence-corrected chi connectivity index (χ1v) is 5.31. The van der Waals surface area contributed by atoms with Gasteiger partial charge in [-0.15, -0.1) is 0 Å². The van der Waals surface area contributed by atoms with Gasteiger partial charge in [0.2, 0.25) is 0 Å². The molecule has 0 spiro atoms. The van der Waals surface area contributed by atoms with Crippen LogP contribution >= 0.6 is 0 Å². The van der Waals surface area contributed by atoms with E-state index in [4.69, 9.17) is 5.84 Å². The first kappa shape index (κ1) is 10.3. The van der Waals surface area contributed by atoms with Crippen LogP contribution in [0.3, 0.4) is 0 Å². The molecule has 1 aliphatic heterocycles. The summed E-state index contributed by atoms with van der Waals surface area (Å²) in [6.45, 7) is 5.09. The number of nitrogens with zero attached hydrogens (tertiary/aromatic N) is 3. The number of aryl methyl sites for hydroxylation is 1. The average Bonchev–Trinajstić information content (AvgIpc) is 2.69. The number of hydrogen-bond acceptors (Lipinski definition) is 5. The van der Waals surface area contributed by atoms with Crippen LogP contribution in [0, 0.1) is 6.92 Å². The lowest BCUT2D eigenvalue weighted by atomic mass is 10.4. The summed E-state index contributed by atoms with van der Waals surface area (Å²) in [5, 5.41) is 0. The number of nitrogen functional groups attached to an aromatic ring is 1.